The van der Waals surface area contributed by atoms with Gasteiger partial charge in [0, 0.05) is 31.7 Å². The fourth-order valence-corrected chi connectivity index (χ4v) is 5.22. The highest BCUT2D eigenvalue weighted by Crippen LogP contribution is 2.38. The van der Waals surface area contributed by atoms with E-state index in [4.69, 9.17) is 9.47 Å². The molecule has 2 aliphatic heterocycles. The van der Waals surface area contributed by atoms with E-state index in [1.165, 1.54) is 11.3 Å². The molecular formula is C24H31N3O4S. The number of ether oxygens (including phenoxy) is 2. The van der Waals surface area contributed by atoms with E-state index in [-0.39, 0.29) is 17.2 Å². The standard InChI is InChI=1S/C24H31N3O4S/c1-18-21(32-17-26-18)23(29)27-12-9-24(10-13-27)8-4-5-14-30-15-11-25-22(28)19-6-2-3-7-20(19)31-16-24/h2-3,6-7,17H,4-5,8-16H2,1H3,(H,25,28). The number of carbonyl (C=O) groups excluding carboxylic acids is 2. The van der Waals surface area contributed by atoms with Crippen molar-refractivity contribution in [2.24, 2.45) is 5.41 Å². The number of nitrogens with zero attached hydrogens (tertiary/aromatic N) is 2. The summed E-state index contributed by atoms with van der Waals surface area (Å²) in [6.45, 7) is 5.53. The molecule has 1 saturated heterocycles. The average Bonchev–Trinajstić information content (AvgIpc) is 3.25. The molecule has 1 aromatic carbocycles. The van der Waals surface area contributed by atoms with Crippen molar-refractivity contribution in [1.29, 1.82) is 0 Å². The van der Waals surface area contributed by atoms with Crippen molar-refractivity contribution in [3.8, 4) is 5.75 Å². The second-order valence-corrected chi connectivity index (χ2v) is 9.52. The van der Waals surface area contributed by atoms with Gasteiger partial charge in [-0.05, 0) is 44.7 Å². The predicted octanol–water partition coefficient (Wildman–Crippen LogP) is 3.68. The number of benzene rings is 1. The first-order valence-electron chi connectivity index (χ1n) is 11.4. The van der Waals surface area contributed by atoms with Crippen LogP contribution in [0.4, 0.5) is 0 Å². The quantitative estimate of drug-likeness (QED) is 0.707. The van der Waals surface area contributed by atoms with Gasteiger partial charge in [0.15, 0.2) is 0 Å². The van der Waals surface area contributed by atoms with Crippen LogP contribution in [0.5, 0.6) is 5.75 Å². The monoisotopic (exact) mass is 457 g/mol. The fourth-order valence-electron chi connectivity index (χ4n) is 4.45. The Kier molecular flexibility index (Phi) is 7.42. The van der Waals surface area contributed by atoms with E-state index in [0.29, 0.717) is 50.8 Å². The maximum Gasteiger partial charge on any atom is 0.265 e. The molecule has 2 aliphatic rings. The zero-order valence-corrected chi connectivity index (χ0v) is 19.4. The van der Waals surface area contributed by atoms with Crippen LogP contribution in [0.1, 0.15) is 57.8 Å². The number of amides is 2. The highest BCUT2D eigenvalue weighted by atomic mass is 32.1. The summed E-state index contributed by atoms with van der Waals surface area (Å²) in [5, 5.41) is 2.91. The average molecular weight is 458 g/mol. The van der Waals surface area contributed by atoms with E-state index in [9.17, 15) is 9.59 Å². The number of hydrogen-bond acceptors (Lipinski definition) is 6. The molecule has 0 aliphatic carbocycles. The van der Waals surface area contributed by atoms with Gasteiger partial charge in [-0.25, -0.2) is 4.98 Å². The van der Waals surface area contributed by atoms with Gasteiger partial charge in [-0.2, -0.15) is 0 Å². The van der Waals surface area contributed by atoms with Crippen LogP contribution in [0.3, 0.4) is 0 Å². The maximum absolute atomic E-state index is 12.9. The molecule has 0 atom stereocenters. The van der Waals surface area contributed by atoms with Gasteiger partial charge in [0.25, 0.3) is 11.8 Å². The molecule has 1 spiro atoms. The molecular weight excluding hydrogens is 426 g/mol. The number of fused-ring (bicyclic) bond motifs is 1. The molecule has 2 aromatic rings. The van der Waals surface area contributed by atoms with E-state index < -0.39 is 0 Å². The van der Waals surface area contributed by atoms with Gasteiger partial charge in [-0.3, -0.25) is 9.59 Å². The molecule has 0 unspecified atom stereocenters. The Bertz CT molecular complexity index is 937. The van der Waals surface area contributed by atoms with Gasteiger partial charge >= 0.3 is 0 Å². The fraction of sp³-hybridized carbons (Fsp3) is 0.542. The number of aromatic nitrogens is 1. The predicted molar refractivity (Wildman–Crippen MR) is 123 cm³/mol. The normalized spacial score (nSPS) is 20.0. The lowest BCUT2D eigenvalue weighted by molar-refractivity contribution is 0.0343. The number of likely N-dealkylation sites (tertiary alicyclic amines) is 1. The van der Waals surface area contributed by atoms with E-state index in [1.807, 2.05) is 30.0 Å². The number of hydrogen-bond donors (Lipinski definition) is 1. The number of thiazole rings is 1. The summed E-state index contributed by atoms with van der Waals surface area (Å²) in [6.07, 6.45) is 4.82. The molecule has 172 valence electrons. The number of piperidine rings is 1. The minimum Gasteiger partial charge on any atom is -0.492 e. The minimum absolute atomic E-state index is 0.0206. The summed E-state index contributed by atoms with van der Waals surface area (Å²) in [4.78, 5) is 32.4. The number of aryl methyl sites for hydroxylation is 1. The van der Waals surface area contributed by atoms with Crippen molar-refractivity contribution in [2.45, 2.75) is 39.0 Å². The first kappa shape index (κ1) is 22.7. The van der Waals surface area contributed by atoms with E-state index in [2.05, 4.69) is 10.3 Å². The first-order valence-corrected chi connectivity index (χ1v) is 12.2. The third kappa shape index (κ3) is 5.30. The second-order valence-electron chi connectivity index (χ2n) is 8.67. The molecule has 0 radical (unpaired) electrons. The molecule has 1 N–H and O–H groups in total. The van der Waals surface area contributed by atoms with E-state index in [0.717, 1.165) is 42.7 Å². The van der Waals surface area contributed by atoms with Gasteiger partial charge < -0.3 is 19.7 Å². The Hall–Kier alpha value is -2.45. The molecule has 4 rings (SSSR count). The summed E-state index contributed by atoms with van der Waals surface area (Å²) in [5.41, 5.74) is 3.06. The van der Waals surface area contributed by atoms with Crippen LogP contribution in [-0.2, 0) is 4.74 Å². The molecule has 32 heavy (non-hydrogen) atoms. The molecule has 3 heterocycles. The molecule has 8 heteroatoms. The molecule has 0 saturated carbocycles. The third-order valence-electron chi connectivity index (χ3n) is 6.49. The molecule has 7 nitrogen and oxygen atoms in total. The lowest BCUT2D eigenvalue weighted by Gasteiger charge is -2.42. The van der Waals surface area contributed by atoms with Crippen molar-refractivity contribution >= 4 is 23.2 Å². The highest BCUT2D eigenvalue weighted by molar-refractivity contribution is 7.11. The van der Waals surface area contributed by atoms with E-state index in [1.54, 1.807) is 11.6 Å². The maximum atomic E-state index is 12.9. The summed E-state index contributed by atoms with van der Waals surface area (Å²) in [5.74, 6) is 0.550. The third-order valence-corrected chi connectivity index (χ3v) is 7.41. The van der Waals surface area contributed by atoms with Crippen LogP contribution >= 0.6 is 11.3 Å². The molecule has 1 fully saturated rings. The Morgan fingerprint density at radius 1 is 1.16 bits per heavy atom. The summed E-state index contributed by atoms with van der Waals surface area (Å²) < 4.78 is 12.0. The van der Waals surface area contributed by atoms with Crippen molar-refractivity contribution in [3.05, 3.63) is 45.9 Å². The van der Waals surface area contributed by atoms with Crippen LogP contribution in [0.15, 0.2) is 29.8 Å². The SMILES string of the molecule is Cc1ncsc1C(=O)N1CCC2(CCCCOCCNC(=O)c3ccccc3OC2)CC1. The van der Waals surface area contributed by atoms with E-state index >= 15 is 0 Å². The highest BCUT2D eigenvalue weighted by Gasteiger charge is 2.37. The molecule has 2 amide bonds. The zero-order valence-electron chi connectivity index (χ0n) is 18.6. The van der Waals surface area contributed by atoms with Gasteiger partial charge in [0.2, 0.25) is 0 Å². The topological polar surface area (TPSA) is 80.8 Å². The van der Waals surface area contributed by atoms with Crippen LogP contribution < -0.4 is 10.1 Å². The van der Waals surface area contributed by atoms with Gasteiger partial charge in [-0.15, -0.1) is 11.3 Å². The zero-order chi connectivity index (χ0) is 22.4. The van der Waals surface area contributed by atoms with Crippen molar-refractivity contribution in [3.63, 3.8) is 0 Å². The summed E-state index contributed by atoms with van der Waals surface area (Å²) >= 11 is 1.41. The van der Waals surface area contributed by atoms with Crippen molar-refractivity contribution in [1.82, 2.24) is 15.2 Å². The summed E-state index contributed by atoms with van der Waals surface area (Å²) in [7, 11) is 0. The van der Waals surface area contributed by atoms with Crippen LogP contribution in [0.2, 0.25) is 0 Å². The Morgan fingerprint density at radius 3 is 2.75 bits per heavy atom. The summed E-state index contributed by atoms with van der Waals surface area (Å²) in [6, 6.07) is 7.39. The van der Waals surface area contributed by atoms with Gasteiger partial charge in [0.05, 0.1) is 30.0 Å². The first-order chi connectivity index (χ1) is 15.6. The lowest BCUT2D eigenvalue weighted by Crippen LogP contribution is -2.45. The van der Waals surface area contributed by atoms with Crippen molar-refractivity contribution in [2.75, 3.05) is 39.5 Å². The Morgan fingerprint density at radius 2 is 1.97 bits per heavy atom. The Labute approximate surface area is 193 Å². The van der Waals surface area contributed by atoms with Gasteiger partial charge in [-0.1, -0.05) is 18.6 Å². The number of rotatable bonds is 1. The molecule has 1 aromatic heterocycles. The second kappa shape index (κ2) is 10.4. The van der Waals surface area contributed by atoms with Crippen LogP contribution in [-0.4, -0.2) is 61.2 Å². The van der Waals surface area contributed by atoms with Crippen LogP contribution in [0.25, 0.3) is 0 Å². The van der Waals surface area contributed by atoms with Gasteiger partial charge in [0.1, 0.15) is 10.6 Å². The Balaban J connectivity index is 1.48. The lowest BCUT2D eigenvalue weighted by atomic mass is 9.75. The largest absolute Gasteiger partial charge is 0.492 e. The van der Waals surface area contributed by atoms with Crippen molar-refractivity contribution < 1.29 is 19.1 Å². The molecule has 0 bridgehead atoms. The minimum atomic E-state index is -0.143. The smallest absolute Gasteiger partial charge is 0.265 e. The van der Waals surface area contributed by atoms with Crippen LogP contribution in [0, 0.1) is 12.3 Å². The number of carbonyl (C=O) groups is 2. The number of para-hydroxylation sites is 1. The number of nitrogens with one attached hydrogen (secondary N) is 1.